The van der Waals surface area contributed by atoms with E-state index < -0.39 is 11.9 Å². The zero-order chi connectivity index (χ0) is 22.2. The van der Waals surface area contributed by atoms with Crippen LogP contribution < -0.4 is 19.6 Å². The monoisotopic (exact) mass is 482 g/mol. The highest BCUT2D eigenvalue weighted by Gasteiger charge is 2.13. The number of ether oxygens (including phenoxy) is 3. The fraction of sp³-hybridized carbons (Fsp3) is 0.0870. The second-order valence-corrected chi connectivity index (χ2v) is 7.12. The lowest BCUT2D eigenvalue weighted by Gasteiger charge is -2.08. The molecule has 3 aromatic rings. The number of carbonyl (C=O) groups is 2. The molecule has 7 nitrogen and oxygen atoms in total. The van der Waals surface area contributed by atoms with Gasteiger partial charge < -0.3 is 14.2 Å². The molecule has 0 saturated carbocycles. The molecule has 8 heteroatoms. The van der Waals surface area contributed by atoms with E-state index in [9.17, 15) is 9.59 Å². The molecule has 0 spiro atoms. The normalized spacial score (nSPS) is 10.5. The van der Waals surface area contributed by atoms with E-state index in [4.69, 9.17) is 14.2 Å². The number of nitrogens with zero attached hydrogens (tertiary/aromatic N) is 1. The lowest BCUT2D eigenvalue weighted by atomic mass is 10.2. The predicted octanol–water partition coefficient (Wildman–Crippen LogP) is 4.45. The number of amides is 1. The van der Waals surface area contributed by atoms with Gasteiger partial charge in [0, 0.05) is 10.0 Å². The number of benzene rings is 3. The van der Waals surface area contributed by atoms with Gasteiger partial charge in [-0.15, -0.1) is 0 Å². The Morgan fingerprint density at radius 1 is 0.935 bits per heavy atom. The summed E-state index contributed by atoms with van der Waals surface area (Å²) in [5, 5.41) is 3.98. The fourth-order valence-corrected chi connectivity index (χ4v) is 3.01. The lowest BCUT2D eigenvalue weighted by molar-refractivity contribution is 0.0734. The van der Waals surface area contributed by atoms with Crippen molar-refractivity contribution in [3.63, 3.8) is 0 Å². The van der Waals surface area contributed by atoms with E-state index in [2.05, 4.69) is 26.5 Å². The second-order valence-electron chi connectivity index (χ2n) is 6.20. The number of rotatable bonds is 7. The molecule has 0 atom stereocenters. The van der Waals surface area contributed by atoms with Crippen LogP contribution in [0.15, 0.2) is 76.3 Å². The molecule has 3 rings (SSSR count). The smallest absolute Gasteiger partial charge is 0.343 e. The van der Waals surface area contributed by atoms with Crippen molar-refractivity contribution in [3.05, 3.63) is 87.9 Å². The minimum atomic E-state index is -0.522. The Morgan fingerprint density at radius 3 is 2.39 bits per heavy atom. The van der Waals surface area contributed by atoms with Gasteiger partial charge in [0.2, 0.25) is 0 Å². The summed E-state index contributed by atoms with van der Waals surface area (Å²) in [5.74, 6) is 0.404. The van der Waals surface area contributed by atoms with Crippen LogP contribution in [0.3, 0.4) is 0 Å². The highest BCUT2D eigenvalue weighted by atomic mass is 79.9. The van der Waals surface area contributed by atoms with Crippen molar-refractivity contribution in [2.75, 3.05) is 14.2 Å². The van der Waals surface area contributed by atoms with Crippen molar-refractivity contribution in [2.24, 2.45) is 5.10 Å². The van der Waals surface area contributed by atoms with Crippen LogP contribution in [0.1, 0.15) is 26.3 Å². The van der Waals surface area contributed by atoms with E-state index in [0.717, 1.165) is 4.47 Å². The summed E-state index contributed by atoms with van der Waals surface area (Å²) in [7, 11) is 3.03. The number of hydrogen-bond acceptors (Lipinski definition) is 6. The summed E-state index contributed by atoms with van der Waals surface area (Å²) in [6.07, 6.45) is 1.40. The summed E-state index contributed by atoms with van der Waals surface area (Å²) in [5.41, 5.74) is 3.67. The molecule has 0 unspecified atom stereocenters. The van der Waals surface area contributed by atoms with E-state index in [1.165, 1.54) is 13.3 Å². The molecule has 0 aliphatic carbocycles. The number of para-hydroxylation sites is 1. The Bertz CT molecular complexity index is 1110. The molecule has 0 aliphatic heterocycles. The number of nitrogens with one attached hydrogen (secondary N) is 1. The number of carbonyl (C=O) groups excluding carboxylic acids is 2. The zero-order valence-corrected chi connectivity index (χ0v) is 18.4. The third-order valence-corrected chi connectivity index (χ3v) is 4.72. The van der Waals surface area contributed by atoms with E-state index in [0.29, 0.717) is 33.9 Å². The number of hydrogen-bond donors (Lipinski definition) is 1. The van der Waals surface area contributed by atoms with E-state index in [1.54, 1.807) is 73.8 Å². The van der Waals surface area contributed by atoms with Gasteiger partial charge in [-0.25, -0.2) is 10.2 Å². The Morgan fingerprint density at radius 2 is 1.68 bits per heavy atom. The molecule has 158 valence electrons. The molecule has 0 heterocycles. The van der Waals surface area contributed by atoms with Gasteiger partial charge in [0.05, 0.1) is 31.6 Å². The van der Waals surface area contributed by atoms with Crippen LogP contribution in [0.4, 0.5) is 0 Å². The lowest BCUT2D eigenvalue weighted by Crippen LogP contribution is -2.18. The summed E-state index contributed by atoms with van der Waals surface area (Å²) >= 11 is 3.33. The van der Waals surface area contributed by atoms with Crippen LogP contribution in [0.2, 0.25) is 0 Å². The van der Waals surface area contributed by atoms with Gasteiger partial charge in [-0.1, -0.05) is 28.1 Å². The average Bonchev–Trinajstić information content (AvgIpc) is 2.80. The van der Waals surface area contributed by atoms with Crippen molar-refractivity contribution >= 4 is 34.0 Å². The van der Waals surface area contributed by atoms with Gasteiger partial charge >= 0.3 is 5.97 Å². The van der Waals surface area contributed by atoms with Gasteiger partial charge in [-0.2, -0.15) is 5.10 Å². The van der Waals surface area contributed by atoms with Crippen molar-refractivity contribution in [3.8, 4) is 17.2 Å². The van der Waals surface area contributed by atoms with Crippen LogP contribution in [0, 0.1) is 0 Å². The molecule has 0 aromatic heterocycles. The number of methoxy groups -OCH3 is 2. The van der Waals surface area contributed by atoms with Crippen molar-refractivity contribution in [1.29, 1.82) is 0 Å². The average molecular weight is 483 g/mol. The maximum absolute atomic E-state index is 12.4. The first-order chi connectivity index (χ1) is 15.0. The standard InChI is InChI=1S/C23H19BrN2O5/c1-29-18-10-7-15(8-11-18)23(28)31-20-6-4-3-5-16(20)14-25-26-22(27)19-13-17(24)9-12-21(19)30-2/h3-14H,1-2H3,(H,26,27)/b25-14+. The Kier molecular flexibility index (Phi) is 7.40. The van der Waals surface area contributed by atoms with Gasteiger partial charge in [0.15, 0.2) is 0 Å². The van der Waals surface area contributed by atoms with Crippen LogP contribution in [-0.2, 0) is 0 Å². The number of halogens is 1. The first kappa shape index (κ1) is 22.0. The maximum atomic E-state index is 12.4. The van der Waals surface area contributed by atoms with E-state index in [1.807, 2.05) is 0 Å². The minimum absolute atomic E-state index is 0.307. The quantitative estimate of drug-likeness (QED) is 0.232. The first-order valence-corrected chi connectivity index (χ1v) is 9.93. The predicted molar refractivity (Wildman–Crippen MR) is 120 cm³/mol. The Hall–Kier alpha value is -3.65. The molecule has 0 fully saturated rings. The number of esters is 1. The summed E-state index contributed by atoms with van der Waals surface area (Å²) in [6, 6.07) is 18.5. The van der Waals surface area contributed by atoms with Gasteiger partial charge in [0.25, 0.3) is 5.91 Å². The molecule has 1 N–H and O–H groups in total. The maximum Gasteiger partial charge on any atom is 0.343 e. The molecule has 0 saturated heterocycles. The van der Waals surface area contributed by atoms with Crippen molar-refractivity contribution in [1.82, 2.24) is 5.43 Å². The minimum Gasteiger partial charge on any atom is -0.497 e. The topological polar surface area (TPSA) is 86.2 Å². The van der Waals surface area contributed by atoms with Gasteiger partial charge in [0.1, 0.15) is 17.2 Å². The largest absolute Gasteiger partial charge is 0.497 e. The molecule has 31 heavy (non-hydrogen) atoms. The third-order valence-electron chi connectivity index (χ3n) is 4.22. The van der Waals surface area contributed by atoms with Crippen LogP contribution >= 0.6 is 15.9 Å². The second kappa shape index (κ2) is 10.4. The highest BCUT2D eigenvalue weighted by Crippen LogP contribution is 2.23. The molecular formula is C23H19BrN2O5. The van der Waals surface area contributed by atoms with Crippen molar-refractivity contribution < 1.29 is 23.8 Å². The molecule has 0 radical (unpaired) electrons. The van der Waals surface area contributed by atoms with E-state index >= 15 is 0 Å². The summed E-state index contributed by atoms with van der Waals surface area (Å²) in [6.45, 7) is 0. The van der Waals surface area contributed by atoms with Gasteiger partial charge in [-0.3, -0.25) is 4.79 Å². The Labute approximate surface area is 187 Å². The van der Waals surface area contributed by atoms with Crippen LogP contribution in [0.25, 0.3) is 0 Å². The molecule has 3 aromatic carbocycles. The highest BCUT2D eigenvalue weighted by molar-refractivity contribution is 9.10. The third kappa shape index (κ3) is 5.70. The SMILES string of the molecule is COc1ccc(C(=O)Oc2ccccc2/C=N/NC(=O)c2cc(Br)ccc2OC)cc1. The zero-order valence-electron chi connectivity index (χ0n) is 16.8. The summed E-state index contributed by atoms with van der Waals surface area (Å²) in [4.78, 5) is 24.9. The summed E-state index contributed by atoms with van der Waals surface area (Å²) < 4.78 is 16.5. The molecule has 1 amide bonds. The fourth-order valence-electron chi connectivity index (χ4n) is 2.64. The van der Waals surface area contributed by atoms with Crippen LogP contribution in [-0.4, -0.2) is 32.3 Å². The van der Waals surface area contributed by atoms with Gasteiger partial charge in [-0.05, 0) is 54.6 Å². The molecule has 0 bridgehead atoms. The van der Waals surface area contributed by atoms with Crippen LogP contribution in [0.5, 0.6) is 17.2 Å². The molecular weight excluding hydrogens is 464 g/mol. The first-order valence-electron chi connectivity index (χ1n) is 9.14. The molecule has 0 aliphatic rings. The Balaban J connectivity index is 1.71. The van der Waals surface area contributed by atoms with Crippen molar-refractivity contribution in [2.45, 2.75) is 0 Å². The number of hydrazone groups is 1. The van der Waals surface area contributed by atoms with E-state index in [-0.39, 0.29) is 0 Å².